The minimum Gasteiger partial charge on any atom is -0.385 e. The van der Waals surface area contributed by atoms with Gasteiger partial charge in [-0.3, -0.25) is 4.99 Å². The van der Waals surface area contributed by atoms with Gasteiger partial charge in [-0.25, -0.2) is 0 Å². The Bertz CT molecular complexity index is 769. The van der Waals surface area contributed by atoms with Crippen LogP contribution in [0.2, 0.25) is 0 Å². The van der Waals surface area contributed by atoms with Gasteiger partial charge < -0.3 is 24.7 Å². The Morgan fingerprint density at radius 2 is 2.07 bits per heavy atom. The van der Waals surface area contributed by atoms with Gasteiger partial charge in [0.15, 0.2) is 5.96 Å². The van der Waals surface area contributed by atoms with E-state index in [9.17, 15) is 0 Å². The number of piperidine rings is 1. The Balaban J connectivity index is 0.00000300. The van der Waals surface area contributed by atoms with Crippen molar-refractivity contribution >= 4 is 40.8 Å². The first-order valence-electron chi connectivity index (χ1n) is 10.3. The number of fused-ring (bicyclic) bond motifs is 1. The topological polar surface area (TPSA) is 61.9 Å². The highest BCUT2D eigenvalue weighted by Gasteiger charge is 2.21. The maximum atomic E-state index is 5.96. The predicted octanol–water partition coefficient (Wildman–Crippen LogP) is 3.73. The van der Waals surface area contributed by atoms with Gasteiger partial charge in [-0.15, -0.1) is 24.0 Å². The van der Waals surface area contributed by atoms with Crippen molar-refractivity contribution in [3.05, 3.63) is 35.5 Å². The lowest BCUT2D eigenvalue weighted by atomic mass is 10.1. The van der Waals surface area contributed by atoms with Crippen LogP contribution < -0.4 is 5.32 Å². The maximum Gasteiger partial charge on any atom is 0.193 e. The molecule has 7 heteroatoms. The summed E-state index contributed by atoms with van der Waals surface area (Å²) in [6.07, 6.45) is 6.54. The number of nitrogens with zero attached hydrogens (tertiary/aromatic N) is 2. The van der Waals surface area contributed by atoms with Gasteiger partial charge in [0.25, 0.3) is 0 Å². The molecule has 0 aliphatic carbocycles. The zero-order valence-corrected chi connectivity index (χ0v) is 20.2. The first-order chi connectivity index (χ1) is 13.7. The lowest BCUT2D eigenvalue weighted by Crippen LogP contribution is -2.47. The number of hydrogen-bond acceptors (Lipinski definition) is 3. The molecule has 162 valence electrons. The third kappa shape index (κ3) is 6.58. The van der Waals surface area contributed by atoms with Crippen LogP contribution in [0.1, 0.15) is 30.4 Å². The molecular weight excluding hydrogens is 479 g/mol. The van der Waals surface area contributed by atoms with E-state index in [1.807, 2.05) is 7.05 Å². The van der Waals surface area contributed by atoms with Gasteiger partial charge in [0.1, 0.15) is 0 Å². The molecule has 1 aliphatic rings. The van der Waals surface area contributed by atoms with Crippen LogP contribution in [0.25, 0.3) is 10.9 Å². The smallest absolute Gasteiger partial charge is 0.193 e. The average Bonchev–Trinajstić information content (AvgIpc) is 3.14. The van der Waals surface area contributed by atoms with Gasteiger partial charge in [-0.2, -0.15) is 0 Å². The number of methoxy groups -OCH3 is 1. The Hall–Kier alpha value is -1.32. The lowest BCUT2D eigenvalue weighted by Gasteiger charge is -2.34. The fourth-order valence-electron chi connectivity index (χ4n) is 3.90. The Morgan fingerprint density at radius 1 is 1.28 bits per heavy atom. The van der Waals surface area contributed by atoms with E-state index in [4.69, 9.17) is 9.47 Å². The third-order valence-corrected chi connectivity index (χ3v) is 5.49. The first-order valence-corrected chi connectivity index (χ1v) is 10.3. The van der Waals surface area contributed by atoms with Gasteiger partial charge in [-0.1, -0.05) is 18.2 Å². The maximum absolute atomic E-state index is 5.96. The van der Waals surface area contributed by atoms with E-state index in [2.05, 4.69) is 51.5 Å². The lowest BCUT2D eigenvalue weighted by molar-refractivity contribution is 0.00992. The van der Waals surface area contributed by atoms with Crippen LogP contribution in [0.4, 0.5) is 0 Å². The standard InChI is InChI=1S/C22H34N4O2.HI/c1-17-6-4-7-20-18(16-25-21(17)20)8-11-24-22(23-2)26-12-9-19(10-13-26)28-15-5-14-27-3;/h4,6-7,16,19,25H,5,8-15H2,1-3H3,(H,23,24);1H. The normalized spacial score (nSPS) is 15.6. The second-order valence-corrected chi connectivity index (χ2v) is 7.44. The molecule has 2 aromatic rings. The van der Waals surface area contributed by atoms with Crippen LogP contribution >= 0.6 is 24.0 Å². The van der Waals surface area contributed by atoms with Gasteiger partial charge in [0.2, 0.25) is 0 Å². The van der Waals surface area contributed by atoms with Crippen LogP contribution in [-0.2, 0) is 15.9 Å². The molecule has 6 nitrogen and oxygen atoms in total. The number of likely N-dealkylation sites (tertiary alicyclic amines) is 1. The number of rotatable bonds is 8. The molecule has 0 saturated carbocycles. The fourth-order valence-corrected chi connectivity index (χ4v) is 3.90. The van der Waals surface area contributed by atoms with Crippen LogP contribution in [0.3, 0.4) is 0 Å². The third-order valence-electron chi connectivity index (χ3n) is 5.49. The monoisotopic (exact) mass is 514 g/mol. The zero-order chi connectivity index (χ0) is 19.8. The highest BCUT2D eigenvalue weighted by molar-refractivity contribution is 14.0. The van der Waals surface area contributed by atoms with Crippen molar-refractivity contribution in [1.29, 1.82) is 0 Å². The number of aliphatic imine (C=N–C) groups is 1. The van der Waals surface area contributed by atoms with E-state index < -0.39 is 0 Å². The summed E-state index contributed by atoms with van der Waals surface area (Å²) in [6, 6.07) is 6.47. The number of guanidine groups is 1. The van der Waals surface area contributed by atoms with Crippen molar-refractivity contribution in [2.75, 3.05) is 47.0 Å². The quantitative estimate of drug-likeness (QED) is 0.244. The number of aromatic nitrogens is 1. The molecule has 0 radical (unpaired) electrons. The van der Waals surface area contributed by atoms with E-state index in [-0.39, 0.29) is 24.0 Å². The number of H-pyrrole nitrogens is 1. The predicted molar refractivity (Wildman–Crippen MR) is 131 cm³/mol. The molecule has 0 unspecified atom stereocenters. The summed E-state index contributed by atoms with van der Waals surface area (Å²) in [5.74, 6) is 0.994. The summed E-state index contributed by atoms with van der Waals surface area (Å²) in [5.41, 5.74) is 3.89. The van der Waals surface area contributed by atoms with Crippen LogP contribution in [0.5, 0.6) is 0 Å². The highest BCUT2D eigenvalue weighted by atomic mass is 127. The molecule has 1 aliphatic heterocycles. The molecule has 0 spiro atoms. The van der Waals surface area contributed by atoms with Crippen LogP contribution in [-0.4, -0.2) is 69.0 Å². The van der Waals surface area contributed by atoms with Gasteiger partial charge in [-0.05, 0) is 43.7 Å². The second-order valence-electron chi connectivity index (χ2n) is 7.44. The van der Waals surface area contributed by atoms with Crippen molar-refractivity contribution in [1.82, 2.24) is 15.2 Å². The fraction of sp³-hybridized carbons (Fsp3) is 0.591. The van der Waals surface area contributed by atoms with Crippen LogP contribution in [0, 0.1) is 6.92 Å². The number of aromatic amines is 1. The van der Waals surface area contributed by atoms with Crippen molar-refractivity contribution in [3.63, 3.8) is 0 Å². The summed E-state index contributed by atoms with van der Waals surface area (Å²) >= 11 is 0. The minimum absolute atomic E-state index is 0. The number of benzene rings is 1. The molecule has 0 atom stereocenters. The molecule has 1 saturated heterocycles. The summed E-state index contributed by atoms with van der Waals surface area (Å²) < 4.78 is 11.0. The Kier molecular flexibility index (Phi) is 10.2. The summed E-state index contributed by atoms with van der Waals surface area (Å²) in [7, 11) is 3.60. The van der Waals surface area contributed by atoms with E-state index in [0.29, 0.717) is 6.10 Å². The zero-order valence-electron chi connectivity index (χ0n) is 17.9. The van der Waals surface area contributed by atoms with Crippen molar-refractivity contribution < 1.29 is 9.47 Å². The number of aryl methyl sites for hydroxylation is 1. The molecule has 29 heavy (non-hydrogen) atoms. The second kappa shape index (κ2) is 12.4. The van der Waals surface area contributed by atoms with Gasteiger partial charge in [0.05, 0.1) is 6.10 Å². The SMILES string of the molecule is CN=C(NCCc1c[nH]c2c(C)cccc12)N1CCC(OCCCOC)CC1.I. The Labute approximate surface area is 191 Å². The number of para-hydroxylation sites is 1. The first kappa shape index (κ1) is 24.0. The summed E-state index contributed by atoms with van der Waals surface area (Å²) in [6.45, 7) is 6.55. The number of ether oxygens (including phenoxy) is 2. The summed E-state index contributed by atoms with van der Waals surface area (Å²) in [4.78, 5) is 10.2. The molecule has 0 amide bonds. The van der Waals surface area contributed by atoms with Crippen molar-refractivity contribution in [2.24, 2.45) is 4.99 Å². The molecule has 2 heterocycles. The molecule has 3 rings (SSSR count). The van der Waals surface area contributed by atoms with E-state index in [1.54, 1.807) is 7.11 Å². The molecule has 0 bridgehead atoms. The Morgan fingerprint density at radius 3 is 2.79 bits per heavy atom. The minimum atomic E-state index is 0. The van der Waals surface area contributed by atoms with E-state index >= 15 is 0 Å². The molecule has 1 aromatic carbocycles. The molecule has 1 fully saturated rings. The average molecular weight is 514 g/mol. The van der Waals surface area contributed by atoms with Crippen molar-refractivity contribution in [2.45, 2.75) is 38.7 Å². The van der Waals surface area contributed by atoms with Crippen LogP contribution in [0.15, 0.2) is 29.4 Å². The van der Waals surface area contributed by atoms with Gasteiger partial charge >= 0.3 is 0 Å². The summed E-state index contributed by atoms with van der Waals surface area (Å²) in [5, 5.41) is 4.86. The van der Waals surface area contributed by atoms with Gasteiger partial charge in [0, 0.05) is 64.1 Å². The highest BCUT2D eigenvalue weighted by Crippen LogP contribution is 2.21. The molecular formula is C22H35IN4O2. The largest absolute Gasteiger partial charge is 0.385 e. The number of halogens is 1. The van der Waals surface area contributed by atoms with E-state index in [0.717, 1.165) is 64.5 Å². The molecule has 2 N–H and O–H groups in total. The van der Waals surface area contributed by atoms with Crippen molar-refractivity contribution in [3.8, 4) is 0 Å². The molecule has 1 aromatic heterocycles. The number of nitrogens with one attached hydrogen (secondary N) is 2. The van der Waals surface area contributed by atoms with E-state index in [1.165, 1.54) is 22.0 Å². The number of hydrogen-bond donors (Lipinski definition) is 2.